The third-order valence-electron chi connectivity index (χ3n) is 4.51. The lowest BCUT2D eigenvalue weighted by molar-refractivity contribution is -0.136. The maximum atomic E-state index is 12.5. The number of carbonyl (C=O) groups is 1. The van der Waals surface area contributed by atoms with Crippen molar-refractivity contribution in [3.05, 3.63) is 47.2 Å². The van der Waals surface area contributed by atoms with E-state index in [1.807, 2.05) is 24.3 Å². The van der Waals surface area contributed by atoms with E-state index in [-0.39, 0.29) is 24.6 Å². The molecule has 1 atom stereocenters. The molecule has 3 rings (SSSR count). The molecule has 0 bridgehead atoms. The summed E-state index contributed by atoms with van der Waals surface area (Å²) in [6, 6.07) is 8.15. The molecule has 1 fully saturated rings. The lowest BCUT2D eigenvalue weighted by atomic mass is 10.0. The monoisotopic (exact) mass is 389 g/mol. The van der Waals surface area contributed by atoms with Crippen LogP contribution in [0.1, 0.15) is 38.2 Å². The highest BCUT2D eigenvalue weighted by Gasteiger charge is 2.25. The minimum absolute atomic E-state index is 0.0190. The summed E-state index contributed by atoms with van der Waals surface area (Å²) in [6.07, 6.45) is 4.58. The van der Waals surface area contributed by atoms with Crippen LogP contribution in [-0.4, -0.2) is 46.6 Å². The van der Waals surface area contributed by atoms with Crippen molar-refractivity contribution in [3.63, 3.8) is 0 Å². The van der Waals surface area contributed by atoms with Gasteiger partial charge in [-0.15, -0.1) is 0 Å². The Kier molecular flexibility index (Phi) is 6.50. The van der Waals surface area contributed by atoms with E-state index in [1.54, 1.807) is 4.90 Å². The second-order valence-electron chi connectivity index (χ2n) is 6.92. The fraction of sp³-hybridized carbons (Fsp3) is 0.450. The van der Waals surface area contributed by atoms with Gasteiger partial charge in [-0.3, -0.25) is 4.79 Å². The number of rotatable bonds is 6. The molecule has 0 aliphatic carbocycles. The second kappa shape index (κ2) is 9.04. The first-order valence-electron chi connectivity index (χ1n) is 9.16. The number of halogens is 1. The fourth-order valence-electron chi connectivity index (χ4n) is 2.96. The third kappa shape index (κ3) is 5.57. The average Bonchev–Trinajstić information content (AvgIpc) is 2.68. The number of hydrogen-bond donors (Lipinski definition) is 0. The van der Waals surface area contributed by atoms with E-state index in [0.29, 0.717) is 29.8 Å². The van der Waals surface area contributed by atoms with Crippen molar-refractivity contribution < 1.29 is 14.3 Å². The maximum absolute atomic E-state index is 12.5. The van der Waals surface area contributed by atoms with Crippen LogP contribution in [0.15, 0.2) is 36.7 Å². The van der Waals surface area contributed by atoms with Crippen molar-refractivity contribution in [2.45, 2.75) is 38.7 Å². The highest BCUT2D eigenvalue weighted by Crippen LogP contribution is 2.19. The molecule has 0 spiro atoms. The van der Waals surface area contributed by atoms with E-state index in [4.69, 9.17) is 21.1 Å². The van der Waals surface area contributed by atoms with Gasteiger partial charge in [-0.25, -0.2) is 9.97 Å². The number of nitrogens with zero attached hydrogens (tertiary/aromatic N) is 3. The van der Waals surface area contributed by atoms with Crippen LogP contribution in [0.4, 0.5) is 0 Å². The van der Waals surface area contributed by atoms with E-state index in [9.17, 15) is 4.79 Å². The van der Waals surface area contributed by atoms with Crippen LogP contribution in [0.25, 0.3) is 0 Å². The number of aromatic nitrogens is 2. The van der Waals surface area contributed by atoms with Crippen molar-refractivity contribution >= 4 is 17.5 Å². The summed E-state index contributed by atoms with van der Waals surface area (Å²) in [6.45, 7) is 5.51. The van der Waals surface area contributed by atoms with E-state index in [0.717, 1.165) is 12.8 Å². The molecule has 1 aromatic heterocycles. The largest absolute Gasteiger partial charge is 0.484 e. The zero-order chi connectivity index (χ0) is 19.2. The summed E-state index contributed by atoms with van der Waals surface area (Å²) in [5.41, 5.74) is 1.24. The van der Waals surface area contributed by atoms with Crippen molar-refractivity contribution in [1.29, 1.82) is 0 Å². The molecule has 0 radical (unpaired) electrons. The van der Waals surface area contributed by atoms with Gasteiger partial charge >= 0.3 is 6.01 Å². The second-order valence-corrected chi connectivity index (χ2v) is 7.35. The van der Waals surface area contributed by atoms with Gasteiger partial charge in [-0.05, 0) is 36.5 Å². The topological polar surface area (TPSA) is 64.5 Å². The molecule has 2 aromatic rings. The minimum Gasteiger partial charge on any atom is -0.484 e. The standard InChI is InChI=1S/C20H24ClN3O3/c1-14(2)15-5-7-17(8-6-15)26-13-19(25)24-9-3-4-18(12-24)27-20-22-10-16(21)11-23-20/h5-8,10-11,14,18H,3-4,9,12-13H2,1-2H3. The smallest absolute Gasteiger partial charge is 0.316 e. The van der Waals surface area contributed by atoms with Crippen LogP contribution >= 0.6 is 11.6 Å². The zero-order valence-corrected chi connectivity index (χ0v) is 16.4. The Labute approximate surface area is 164 Å². The zero-order valence-electron chi connectivity index (χ0n) is 15.6. The van der Waals surface area contributed by atoms with Gasteiger partial charge in [0, 0.05) is 6.54 Å². The molecule has 7 heteroatoms. The molecule has 1 aromatic carbocycles. The highest BCUT2D eigenvalue weighted by atomic mass is 35.5. The Morgan fingerprint density at radius 3 is 2.63 bits per heavy atom. The first-order chi connectivity index (χ1) is 13.0. The maximum Gasteiger partial charge on any atom is 0.316 e. The van der Waals surface area contributed by atoms with Gasteiger partial charge in [-0.2, -0.15) is 0 Å². The predicted octanol–water partition coefficient (Wildman–Crippen LogP) is 3.70. The van der Waals surface area contributed by atoms with Crippen LogP contribution < -0.4 is 9.47 Å². The Balaban J connectivity index is 1.49. The van der Waals surface area contributed by atoms with Gasteiger partial charge in [0.05, 0.1) is 24.0 Å². The van der Waals surface area contributed by atoms with Crippen molar-refractivity contribution in [2.24, 2.45) is 0 Å². The van der Waals surface area contributed by atoms with Crippen molar-refractivity contribution in [3.8, 4) is 11.8 Å². The average molecular weight is 390 g/mol. The lowest BCUT2D eigenvalue weighted by Crippen LogP contribution is -2.46. The van der Waals surface area contributed by atoms with Gasteiger partial charge < -0.3 is 14.4 Å². The Bertz CT molecular complexity index is 750. The minimum atomic E-state index is -0.130. The molecular formula is C20H24ClN3O3. The molecule has 0 N–H and O–H groups in total. The summed E-state index contributed by atoms with van der Waals surface area (Å²) in [5, 5.41) is 0.460. The van der Waals surface area contributed by atoms with Crippen LogP contribution in [0.3, 0.4) is 0 Å². The number of amides is 1. The van der Waals surface area contributed by atoms with Crippen LogP contribution in [0, 0.1) is 0 Å². The third-order valence-corrected chi connectivity index (χ3v) is 4.70. The summed E-state index contributed by atoms with van der Waals surface area (Å²) in [7, 11) is 0. The van der Waals surface area contributed by atoms with Gasteiger partial charge in [0.25, 0.3) is 5.91 Å². The molecule has 1 aliphatic heterocycles. The fourth-order valence-corrected chi connectivity index (χ4v) is 3.05. The number of benzene rings is 1. The molecule has 2 heterocycles. The normalized spacial score (nSPS) is 17.0. The molecule has 0 saturated carbocycles. The molecule has 6 nitrogen and oxygen atoms in total. The molecule has 1 amide bonds. The number of piperidine rings is 1. The summed E-state index contributed by atoms with van der Waals surface area (Å²) in [4.78, 5) is 22.3. The van der Waals surface area contributed by atoms with Gasteiger partial charge in [-0.1, -0.05) is 37.6 Å². The van der Waals surface area contributed by atoms with Crippen LogP contribution in [0.2, 0.25) is 5.02 Å². The quantitative estimate of drug-likeness (QED) is 0.753. The first kappa shape index (κ1) is 19.4. The van der Waals surface area contributed by atoms with Gasteiger partial charge in [0.2, 0.25) is 0 Å². The molecular weight excluding hydrogens is 366 g/mol. The number of carbonyl (C=O) groups excluding carboxylic acids is 1. The van der Waals surface area contributed by atoms with Crippen LogP contribution in [0.5, 0.6) is 11.8 Å². The SMILES string of the molecule is CC(C)c1ccc(OCC(=O)N2CCCC(Oc3ncc(Cl)cn3)C2)cc1. The molecule has 1 unspecified atom stereocenters. The first-order valence-corrected chi connectivity index (χ1v) is 9.54. The van der Waals surface area contributed by atoms with E-state index in [2.05, 4.69) is 23.8 Å². The molecule has 144 valence electrons. The van der Waals surface area contributed by atoms with E-state index < -0.39 is 0 Å². The summed E-state index contributed by atoms with van der Waals surface area (Å²) >= 11 is 5.78. The Morgan fingerprint density at radius 2 is 1.96 bits per heavy atom. The molecule has 1 aliphatic rings. The van der Waals surface area contributed by atoms with E-state index >= 15 is 0 Å². The number of ether oxygens (including phenoxy) is 2. The summed E-state index contributed by atoms with van der Waals surface area (Å²) < 4.78 is 11.4. The van der Waals surface area contributed by atoms with Crippen LogP contribution in [-0.2, 0) is 4.79 Å². The Hall–Kier alpha value is -2.34. The highest BCUT2D eigenvalue weighted by molar-refractivity contribution is 6.30. The molecule has 27 heavy (non-hydrogen) atoms. The number of likely N-dealkylation sites (tertiary alicyclic amines) is 1. The van der Waals surface area contributed by atoms with Crippen molar-refractivity contribution in [1.82, 2.24) is 14.9 Å². The number of hydrogen-bond acceptors (Lipinski definition) is 5. The predicted molar refractivity (Wildman–Crippen MR) is 103 cm³/mol. The van der Waals surface area contributed by atoms with E-state index in [1.165, 1.54) is 18.0 Å². The van der Waals surface area contributed by atoms with Crippen molar-refractivity contribution in [2.75, 3.05) is 19.7 Å². The molecule has 1 saturated heterocycles. The summed E-state index contributed by atoms with van der Waals surface area (Å²) in [5.74, 6) is 1.12. The van der Waals surface area contributed by atoms with Gasteiger partial charge in [0.1, 0.15) is 11.9 Å². The lowest BCUT2D eigenvalue weighted by Gasteiger charge is -2.32. The Morgan fingerprint density at radius 1 is 1.26 bits per heavy atom. The van der Waals surface area contributed by atoms with Gasteiger partial charge in [0.15, 0.2) is 6.61 Å².